The summed E-state index contributed by atoms with van der Waals surface area (Å²) >= 11 is 0. The molecular formula is C47H71N7O8. The molecule has 0 aliphatic carbocycles. The lowest BCUT2D eigenvalue weighted by Crippen LogP contribution is -2.53. The van der Waals surface area contributed by atoms with Crippen LogP contribution in [0.3, 0.4) is 0 Å². The van der Waals surface area contributed by atoms with Gasteiger partial charge >= 0.3 is 23.8 Å². The molecule has 0 bridgehead atoms. The number of anilines is 1. The van der Waals surface area contributed by atoms with E-state index in [4.69, 9.17) is 13.9 Å². The molecule has 5 heterocycles. The Kier molecular flexibility index (Phi) is 18.3. The summed E-state index contributed by atoms with van der Waals surface area (Å²) in [6, 6.07) is 11.3. The Balaban J connectivity index is 0.000000323. The number of aromatic amines is 1. The third kappa shape index (κ3) is 13.6. The standard InChI is InChI=1S/C31H38N6O6.C15H29NO2.CH4/c1-20-17-21(18-25-27(20)33-30(40)42-25)19-26(28(38)35-15-13-34(2)14-16-35)43-31(41)36-10-8-23(9-11-36)37-12-7-22-5-3-4-6-24(22)32-29(37)39;1-3-4-5-6-13-18-15(17)9-12-16-10-7-14(2)8-11-16;/h3-6,17-18,23,26H,7-16,19H2,1-2H3,(H,32,39)(H,33,40);14H,3-13H2,1-2H3;1H4/t26-;;/m1../s1. The highest BCUT2D eigenvalue weighted by atomic mass is 16.6. The Morgan fingerprint density at radius 2 is 1.61 bits per heavy atom. The van der Waals surface area contributed by atoms with Gasteiger partial charge in [-0.15, -0.1) is 0 Å². The Bertz CT molecular complexity index is 1980. The summed E-state index contributed by atoms with van der Waals surface area (Å²) in [5.41, 5.74) is 4.51. The molecule has 0 unspecified atom stereocenters. The highest BCUT2D eigenvalue weighted by Crippen LogP contribution is 2.26. The van der Waals surface area contributed by atoms with Crippen molar-refractivity contribution in [3.63, 3.8) is 0 Å². The molecule has 7 rings (SSSR count). The van der Waals surface area contributed by atoms with Gasteiger partial charge < -0.3 is 43.7 Å². The number of ether oxygens (including phenoxy) is 2. The van der Waals surface area contributed by atoms with Gasteiger partial charge in [-0.05, 0) is 100 Å². The van der Waals surface area contributed by atoms with Crippen LogP contribution in [0.5, 0.6) is 0 Å². The highest BCUT2D eigenvalue weighted by molar-refractivity contribution is 5.91. The summed E-state index contributed by atoms with van der Waals surface area (Å²) < 4.78 is 16.5. The molecule has 3 saturated heterocycles. The Labute approximate surface area is 367 Å². The number of benzene rings is 2. The van der Waals surface area contributed by atoms with Crippen molar-refractivity contribution in [2.75, 3.05) is 84.4 Å². The molecule has 4 aliphatic heterocycles. The van der Waals surface area contributed by atoms with Gasteiger partial charge in [-0.2, -0.15) is 0 Å². The van der Waals surface area contributed by atoms with Crippen molar-refractivity contribution in [1.29, 1.82) is 0 Å². The number of urea groups is 1. The predicted molar refractivity (Wildman–Crippen MR) is 241 cm³/mol. The number of likely N-dealkylation sites (tertiary alicyclic amines) is 2. The number of esters is 1. The predicted octanol–water partition coefficient (Wildman–Crippen LogP) is 6.67. The number of aryl methyl sites for hydroxylation is 1. The molecular weight excluding hydrogens is 791 g/mol. The quantitative estimate of drug-likeness (QED) is 0.140. The zero-order chi connectivity index (χ0) is 43.3. The van der Waals surface area contributed by atoms with Gasteiger partial charge in [0.25, 0.3) is 5.91 Å². The third-order valence-corrected chi connectivity index (χ3v) is 12.6. The van der Waals surface area contributed by atoms with Crippen LogP contribution in [0.4, 0.5) is 15.3 Å². The smallest absolute Gasteiger partial charge is 0.417 e. The lowest BCUT2D eigenvalue weighted by Gasteiger charge is -2.38. The van der Waals surface area contributed by atoms with Gasteiger partial charge in [0.15, 0.2) is 11.7 Å². The first-order valence-corrected chi connectivity index (χ1v) is 22.6. The van der Waals surface area contributed by atoms with Gasteiger partial charge in [0.1, 0.15) is 0 Å². The number of oxazole rings is 1. The number of amides is 4. The molecule has 4 aliphatic rings. The number of carbonyl (C=O) groups is 4. The molecule has 4 amide bonds. The van der Waals surface area contributed by atoms with E-state index in [0.29, 0.717) is 69.7 Å². The summed E-state index contributed by atoms with van der Waals surface area (Å²) in [5.74, 6) is 0.0552. The second-order valence-corrected chi connectivity index (χ2v) is 17.3. The molecule has 0 saturated carbocycles. The number of piperidine rings is 2. The second-order valence-electron chi connectivity index (χ2n) is 17.3. The first-order chi connectivity index (χ1) is 29.5. The number of piperazine rings is 1. The molecule has 1 atom stereocenters. The van der Waals surface area contributed by atoms with E-state index in [1.165, 1.54) is 32.1 Å². The van der Waals surface area contributed by atoms with Crippen LogP contribution >= 0.6 is 0 Å². The van der Waals surface area contributed by atoms with E-state index in [-0.39, 0.29) is 37.8 Å². The number of unbranched alkanes of at least 4 members (excludes halogenated alkanes) is 3. The number of hydrogen-bond acceptors (Lipinski definition) is 10. The Morgan fingerprint density at radius 3 is 2.34 bits per heavy atom. The molecule has 1 aromatic heterocycles. The molecule has 3 fully saturated rings. The summed E-state index contributed by atoms with van der Waals surface area (Å²) in [6.07, 6.45) is 8.37. The molecule has 62 heavy (non-hydrogen) atoms. The first kappa shape index (κ1) is 48.1. The SMILES string of the molecule is C.CCCCCCOC(=O)CCN1CCC(C)CC1.Cc1cc(C[C@@H](OC(=O)N2CCC(N3CCc4ccccc4NC3=O)CC2)C(=O)N2CCN(C)CC2)cc2oc(=O)[nH]c12. The average molecular weight is 862 g/mol. The van der Waals surface area contributed by atoms with Crippen LogP contribution in [0.15, 0.2) is 45.6 Å². The van der Waals surface area contributed by atoms with Crippen molar-refractivity contribution in [3.8, 4) is 0 Å². The summed E-state index contributed by atoms with van der Waals surface area (Å²) in [7, 11) is 2.01. The van der Waals surface area contributed by atoms with E-state index in [0.717, 1.165) is 73.9 Å². The van der Waals surface area contributed by atoms with Gasteiger partial charge in [0.05, 0.1) is 18.5 Å². The Morgan fingerprint density at radius 1 is 0.887 bits per heavy atom. The minimum Gasteiger partial charge on any atom is -0.466 e. The third-order valence-electron chi connectivity index (χ3n) is 12.6. The number of fused-ring (bicyclic) bond motifs is 2. The van der Waals surface area contributed by atoms with Crippen LogP contribution in [-0.4, -0.2) is 145 Å². The van der Waals surface area contributed by atoms with Crippen LogP contribution in [0.1, 0.15) is 95.8 Å². The number of nitrogens with zero attached hydrogens (tertiary/aromatic N) is 5. The van der Waals surface area contributed by atoms with Crippen molar-refractivity contribution < 1.29 is 33.1 Å². The molecule has 2 aromatic carbocycles. The zero-order valence-electron chi connectivity index (χ0n) is 36.8. The van der Waals surface area contributed by atoms with E-state index >= 15 is 0 Å². The fraction of sp³-hybridized carbons (Fsp3) is 0.638. The van der Waals surface area contributed by atoms with Crippen LogP contribution in [0, 0.1) is 12.8 Å². The molecule has 0 radical (unpaired) electrons. The molecule has 15 nitrogen and oxygen atoms in total. The number of aromatic nitrogens is 1. The van der Waals surface area contributed by atoms with E-state index < -0.39 is 18.0 Å². The van der Waals surface area contributed by atoms with Crippen LogP contribution in [0.25, 0.3) is 11.1 Å². The fourth-order valence-electron chi connectivity index (χ4n) is 8.65. The van der Waals surface area contributed by atoms with E-state index in [1.807, 2.05) is 49.2 Å². The number of nitrogens with one attached hydrogen (secondary N) is 2. The fourth-order valence-corrected chi connectivity index (χ4v) is 8.65. The molecule has 15 heteroatoms. The number of rotatable bonds is 13. The van der Waals surface area contributed by atoms with E-state index in [2.05, 4.69) is 33.9 Å². The van der Waals surface area contributed by atoms with Crippen LogP contribution < -0.4 is 11.1 Å². The first-order valence-electron chi connectivity index (χ1n) is 22.6. The van der Waals surface area contributed by atoms with Crippen LogP contribution in [0.2, 0.25) is 0 Å². The topological polar surface area (TPSA) is 161 Å². The molecule has 342 valence electrons. The number of carbonyl (C=O) groups excluding carboxylic acids is 4. The van der Waals surface area contributed by atoms with Gasteiger partial charge in [-0.25, -0.2) is 14.4 Å². The minimum atomic E-state index is -1.02. The molecule has 2 N–H and O–H groups in total. The van der Waals surface area contributed by atoms with Gasteiger partial charge in [-0.3, -0.25) is 14.6 Å². The lowest BCUT2D eigenvalue weighted by molar-refractivity contribution is -0.144. The monoisotopic (exact) mass is 862 g/mol. The maximum Gasteiger partial charge on any atom is 0.417 e. The average Bonchev–Trinajstić information content (AvgIpc) is 3.55. The number of para-hydroxylation sites is 1. The maximum absolute atomic E-state index is 13.7. The number of H-pyrrole nitrogens is 1. The van der Waals surface area contributed by atoms with Crippen LogP contribution in [-0.2, 0) is 31.9 Å². The summed E-state index contributed by atoms with van der Waals surface area (Å²) in [4.78, 5) is 75.9. The second kappa shape index (κ2) is 23.5. The van der Waals surface area contributed by atoms with Gasteiger partial charge in [0, 0.05) is 70.5 Å². The Hall–Kier alpha value is -4.89. The van der Waals surface area contributed by atoms with Crippen molar-refractivity contribution in [1.82, 2.24) is 29.5 Å². The van der Waals surface area contributed by atoms with E-state index in [1.54, 1.807) is 15.9 Å². The van der Waals surface area contributed by atoms with Gasteiger partial charge in [-0.1, -0.05) is 64.8 Å². The maximum atomic E-state index is 13.7. The van der Waals surface area contributed by atoms with Crippen molar-refractivity contribution in [2.24, 2.45) is 5.92 Å². The zero-order valence-corrected chi connectivity index (χ0v) is 36.8. The van der Waals surface area contributed by atoms with Crippen molar-refractivity contribution in [2.45, 2.75) is 111 Å². The molecule has 3 aromatic rings. The number of likely N-dealkylation sites (N-methyl/N-ethyl adjacent to an activating group) is 1. The molecule has 0 spiro atoms. The minimum absolute atomic E-state index is 0. The lowest BCUT2D eigenvalue weighted by atomic mass is 9.99. The summed E-state index contributed by atoms with van der Waals surface area (Å²) in [6.45, 7) is 14.2. The summed E-state index contributed by atoms with van der Waals surface area (Å²) in [5, 5.41) is 3.03. The van der Waals surface area contributed by atoms with Gasteiger partial charge in [0.2, 0.25) is 0 Å². The number of hydrogen-bond donors (Lipinski definition) is 2. The van der Waals surface area contributed by atoms with E-state index in [9.17, 15) is 24.0 Å². The van der Waals surface area contributed by atoms with Crippen molar-refractivity contribution >= 4 is 40.8 Å². The normalized spacial score (nSPS) is 18.5. The highest BCUT2D eigenvalue weighted by Gasteiger charge is 2.35. The largest absolute Gasteiger partial charge is 0.466 e. The van der Waals surface area contributed by atoms with Crippen molar-refractivity contribution in [3.05, 3.63) is 63.6 Å².